The summed E-state index contributed by atoms with van der Waals surface area (Å²) in [5, 5.41) is 0. The molecule has 0 spiro atoms. The molecule has 0 aliphatic carbocycles. The van der Waals surface area contributed by atoms with Crippen LogP contribution in [-0.2, 0) is 25.3 Å². The molecule has 5 nitrogen and oxygen atoms in total. The van der Waals surface area contributed by atoms with E-state index in [0.29, 0.717) is 33.0 Å². The number of hydrogen-bond donors (Lipinski definition) is 1. The van der Waals surface area contributed by atoms with Crippen LogP contribution in [0.2, 0.25) is 0 Å². The summed E-state index contributed by atoms with van der Waals surface area (Å²) in [4.78, 5) is 0. The Morgan fingerprint density at radius 3 is 1.94 bits per heavy atom. The monoisotopic (exact) mass is 254 g/mol. The van der Waals surface area contributed by atoms with Crippen LogP contribution >= 0.6 is 0 Å². The molecule has 16 heavy (non-hydrogen) atoms. The van der Waals surface area contributed by atoms with Gasteiger partial charge >= 0.3 is 0 Å². The van der Waals surface area contributed by atoms with Crippen LogP contribution in [0, 0.1) is 0 Å². The molecule has 0 saturated carbocycles. The van der Waals surface area contributed by atoms with Crippen LogP contribution in [0.5, 0.6) is 0 Å². The molecule has 0 amide bonds. The molecule has 0 radical (unpaired) electrons. The summed E-state index contributed by atoms with van der Waals surface area (Å²) in [6, 6.07) is 0. The Bertz CT molecular complexity index is 165. The van der Waals surface area contributed by atoms with Crippen molar-refractivity contribution in [2.24, 2.45) is 0 Å². The maximum absolute atomic E-state index is 10.2. The summed E-state index contributed by atoms with van der Waals surface area (Å²) >= 11 is -1.77. The Labute approximate surface area is 99.7 Å². The van der Waals surface area contributed by atoms with E-state index in [0.717, 1.165) is 19.4 Å². The van der Waals surface area contributed by atoms with E-state index >= 15 is 0 Å². The minimum absolute atomic E-state index is 0.153. The first kappa shape index (κ1) is 16.0. The van der Waals surface area contributed by atoms with Crippen LogP contribution in [0.25, 0.3) is 0 Å². The Balaban J connectivity index is 2.90. The van der Waals surface area contributed by atoms with Gasteiger partial charge in [-0.05, 0) is 6.42 Å². The molecule has 6 heteroatoms. The van der Waals surface area contributed by atoms with E-state index in [1.807, 2.05) is 0 Å². The summed E-state index contributed by atoms with van der Waals surface area (Å²) < 4.78 is 34.3. The molecule has 98 valence electrons. The Kier molecular flexibility index (Phi) is 13.0. The Morgan fingerprint density at radius 2 is 1.44 bits per heavy atom. The Morgan fingerprint density at radius 1 is 0.938 bits per heavy atom. The molecule has 0 aromatic rings. The summed E-state index contributed by atoms with van der Waals surface area (Å²) in [6.07, 6.45) is 2.22. The van der Waals surface area contributed by atoms with Gasteiger partial charge in [-0.1, -0.05) is 13.3 Å². The minimum Gasteiger partial charge on any atom is -0.379 e. The van der Waals surface area contributed by atoms with Gasteiger partial charge < -0.3 is 18.8 Å². The van der Waals surface area contributed by atoms with Gasteiger partial charge in [-0.15, -0.1) is 0 Å². The highest BCUT2D eigenvalue weighted by atomic mass is 32.2. The van der Waals surface area contributed by atoms with Gasteiger partial charge in [0, 0.05) is 6.61 Å². The average molecular weight is 254 g/mol. The van der Waals surface area contributed by atoms with Gasteiger partial charge in [0.05, 0.1) is 38.8 Å². The zero-order chi connectivity index (χ0) is 12.1. The highest BCUT2D eigenvalue weighted by Crippen LogP contribution is 1.88. The van der Waals surface area contributed by atoms with Crippen LogP contribution in [0.3, 0.4) is 0 Å². The normalized spacial score (nSPS) is 12.9. The SMILES string of the molecule is CCCCOCCOCCOCCS(=O)O. The van der Waals surface area contributed by atoms with Crippen molar-refractivity contribution in [1.82, 2.24) is 0 Å². The lowest BCUT2D eigenvalue weighted by Crippen LogP contribution is -2.12. The van der Waals surface area contributed by atoms with Crippen LogP contribution in [0.1, 0.15) is 19.8 Å². The van der Waals surface area contributed by atoms with Crippen molar-refractivity contribution in [3.05, 3.63) is 0 Å². The number of rotatable bonds is 12. The molecule has 0 aliphatic rings. The molecule has 1 N–H and O–H groups in total. The molecule has 0 saturated heterocycles. The lowest BCUT2D eigenvalue weighted by molar-refractivity contribution is 0.0167. The van der Waals surface area contributed by atoms with Crippen molar-refractivity contribution in [2.45, 2.75) is 19.8 Å². The first-order valence-electron chi connectivity index (χ1n) is 5.58. The van der Waals surface area contributed by atoms with Gasteiger partial charge in [-0.3, -0.25) is 0 Å². The predicted molar refractivity (Wildman–Crippen MR) is 63.0 cm³/mol. The van der Waals surface area contributed by atoms with Crippen molar-refractivity contribution in [3.63, 3.8) is 0 Å². The van der Waals surface area contributed by atoms with Crippen LogP contribution in [0.4, 0.5) is 0 Å². The van der Waals surface area contributed by atoms with Gasteiger partial charge in [-0.2, -0.15) is 0 Å². The van der Waals surface area contributed by atoms with E-state index in [1.165, 1.54) is 0 Å². The standard InChI is InChI=1S/C10H22O5S/c1-2-3-4-13-5-6-14-7-8-15-9-10-16(11)12/h2-10H2,1H3,(H,11,12). The summed E-state index contributed by atoms with van der Waals surface area (Å²) in [7, 11) is 0. The number of hydrogen-bond acceptors (Lipinski definition) is 4. The molecule has 0 aliphatic heterocycles. The largest absolute Gasteiger partial charge is 0.379 e. The first-order valence-corrected chi connectivity index (χ1v) is 6.85. The van der Waals surface area contributed by atoms with Gasteiger partial charge in [0.1, 0.15) is 0 Å². The molecule has 1 unspecified atom stereocenters. The molecular formula is C10H22O5S. The maximum Gasteiger partial charge on any atom is 0.155 e. The summed E-state index contributed by atoms with van der Waals surface area (Å²) in [6.45, 7) is 5.33. The lowest BCUT2D eigenvalue weighted by atomic mass is 10.4. The van der Waals surface area contributed by atoms with Crippen molar-refractivity contribution in [1.29, 1.82) is 0 Å². The molecule has 0 bridgehead atoms. The average Bonchev–Trinajstić information content (AvgIpc) is 2.25. The third-order valence-electron chi connectivity index (χ3n) is 1.79. The van der Waals surface area contributed by atoms with Gasteiger partial charge in [0.15, 0.2) is 11.1 Å². The van der Waals surface area contributed by atoms with Gasteiger partial charge in [0.2, 0.25) is 0 Å². The van der Waals surface area contributed by atoms with Gasteiger partial charge in [-0.25, -0.2) is 4.21 Å². The van der Waals surface area contributed by atoms with E-state index in [1.54, 1.807) is 0 Å². The van der Waals surface area contributed by atoms with Crippen molar-refractivity contribution >= 4 is 11.1 Å². The molecule has 0 rings (SSSR count). The van der Waals surface area contributed by atoms with E-state index < -0.39 is 11.1 Å². The maximum atomic E-state index is 10.2. The fourth-order valence-corrected chi connectivity index (χ4v) is 1.18. The Hall–Kier alpha value is -0.0100. The molecule has 1 atom stereocenters. The van der Waals surface area contributed by atoms with Crippen molar-refractivity contribution in [2.75, 3.05) is 45.4 Å². The zero-order valence-electron chi connectivity index (χ0n) is 9.85. The highest BCUT2D eigenvalue weighted by molar-refractivity contribution is 7.79. The fourth-order valence-electron chi connectivity index (χ4n) is 0.919. The minimum atomic E-state index is -1.77. The smallest absolute Gasteiger partial charge is 0.155 e. The van der Waals surface area contributed by atoms with Crippen molar-refractivity contribution < 1.29 is 23.0 Å². The molecule has 0 heterocycles. The highest BCUT2D eigenvalue weighted by Gasteiger charge is 1.94. The second-order valence-corrected chi connectivity index (χ2v) is 4.27. The molecule has 0 aromatic heterocycles. The van der Waals surface area contributed by atoms with E-state index in [4.69, 9.17) is 18.8 Å². The summed E-state index contributed by atoms with van der Waals surface area (Å²) in [5.74, 6) is 0.153. The van der Waals surface area contributed by atoms with E-state index in [9.17, 15) is 4.21 Å². The van der Waals surface area contributed by atoms with Crippen molar-refractivity contribution in [3.8, 4) is 0 Å². The van der Waals surface area contributed by atoms with Crippen LogP contribution in [0.15, 0.2) is 0 Å². The first-order chi connectivity index (χ1) is 7.77. The van der Waals surface area contributed by atoms with Crippen LogP contribution < -0.4 is 0 Å². The third-order valence-corrected chi connectivity index (χ3v) is 2.30. The topological polar surface area (TPSA) is 65.0 Å². The lowest BCUT2D eigenvalue weighted by Gasteiger charge is -2.05. The molecule has 0 aromatic carbocycles. The van der Waals surface area contributed by atoms with E-state index in [-0.39, 0.29) is 5.75 Å². The van der Waals surface area contributed by atoms with E-state index in [2.05, 4.69) is 6.92 Å². The summed E-state index contributed by atoms with van der Waals surface area (Å²) in [5.41, 5.74) is 0. The quantitative estimate of drug-likeness (QED) is 0.417. The third kappa shape index (κ3) is 14.0. The van der Waals surface area contributed by atoms with Gasteiger partial charge in [0.25, 0.3) is 0 Å². The second-order valence-electron chi connectivity index (χ2n) is 3.22. The predicted octanol–water partition coefficient (Wildman–Crippen LogP) is 1.06. The molecular weight excluding hydrogens is 232 g/mol. The number of unbranched alkanes of at least 4 members (excludes halogenated alkanes) is 1. The fraction of sp³-hybridized carbons (Fsp3) is 1.00. The molecule has 0 fully saturated rings. The number of ether oxygens (including phenoxy) is 3. The zero-order valence-corrected chi connectivity index (χ0v) is 10.7. The second kappa shape index (κ2) is 13.1. The van der Waals surface area contributed by atoms with Crippen LogP contribution in [-0.4, -0.2) is 54.2 Å².